The van der Waals surface area contributed by atoms with Gasteiger partial charge in [0.15, 0.2) is 0 Å². The Hall–Kier alpha value is -1.79. The Morgan fingerprint density at radius 2 is 2.05 bits per heavy atom. The first-order valence-electron chi connectivity index (χ1n) is 6.36. The number of nitrogens with zero attached hydrogens (tertiary/aromatic N) is 1. The van der Waals surface area contributed by atoms with E-state index in [2.05, 4.69) is 21.2 Å². The number of hydrogen-bond donors (Lipinski definition) is 1. The third-order valence-corrected chi connectivity index (χ3v) is 3.64. The van der Waals surface area contributed by atoms with Crippen LogP contribution in [0.4, 0.5) is 10.1 Å². The molecule has 6 heteroatoms. The predicted octanol–water partition coefficient (Wildman–Crippen LogP) is 4.09. The van der Waals surface area contributed by atoms with Crippen molar-refractivity contribution < 1.29 is 9.31 Å². The molecule has 0 heterocycles. The van der Waals surface area contributed by atoms with E-state index in [9.17, 15) is 14.5 Å². The van der Waals surface area contributed by atoms with Crippen LogP contribution in [-0.2, 0) is 13.1 Å². The fourth-order valence-electron chi connectivity index (χ4n) is 2.11. The van der Waals surface area contributed by atoms with Crippen molar-refractivity contribution in [2.75, 3.05) is 0 Å². The molecule has 2 rings (SSSR count). The molecule has 0 fully saturated rings. The highest BCUT2D eigenvalue weighted by atomic mass is 79.9. The van der Waals surface area contributed by atoms with E-state index in [1.807, 2.05) is 12.1 Å². The van der Waals surface area contributed by atoms with Gasteiger partial charge >= 0.3 is 0 Å². The third kappa shape index (κ3) is 4.09. The van der Waals surface area contributed by atoms with Gasteiger partial charge in [-0.1, -0.05) is 28.1 Å². The summed E-state index contributed by atoms with van der Waals surface area (Å²) in [6.45, 7) is 2.70. The zero-order chi connectivity index (χ0) is 15.4. The molecule has 0 radical (unpaired) electrons. The molecule has 0 aliphatic heterocycles. The van der Waals surface area contributed by atoms with Crippen molar-refractivity contribution in [2.24, 2.45) is 0 Å². The van der Waals surface area contributed by atoms with Gasteiger partial charge < -0.3 is 5.32 Å². The average Bonchev–Trinajstić information content (AvgIpc) is 2.39. The van der Waals surface area contributed by atoms with Gasteiger partial charge in [0.05, 0.1) is 4.92 Å². The van der Waals surface area contributed by atoms with Gasteiger partial charge in [0.2, 0.25) is 0 Å². The summed E-state index contributed by atoms with van der Waals surface area (Å²) in [5.41, 5.74) is 2.43. The minimum absolute atomic E-state index is 0.114. The van der Waals surface area contributed by atoms with Crippen molar-refractivity contribution in [1.29, 1.82) is 0 Å². The van der Waals surface area contributed by atoms with Crippen molar-refractivity contribution in [3.05, 3.63) is 73.5 Å². The van der Waals surface area contributed by atoms with Crippen LogP contribution in [0.25, 0.3) is 0 Å². The third-order valence-electron chi connectivity index (χ3n) is 3.18. The molecule has 0 aliphatic carbocycles. The maximum Gasteiger partial charge on any atom is 0.272 e. The summed E-state index contributed by atoms with van der Waals surface area (Å²) in [6.07, 6.45) is 0. The van der Waals surface area contributed by atoms with Crippen LogP contribution >= 0.6 is 15.9 Å². The first-order valence-corrected chi connectivity index (χ1v) is 7.15. The number of benzene rings is 2. The number of nitro groups is 1. The highest BCUT2D eigenvalue weighted by molar-refractivity contribution is 9.10. The van der Waals surface area contributed by atoms with E-state index in [1.165, 1.54) is 18.2 Å². The molecule has 2 aromatic rings. The molecule has 0 bridgehead atoms. The van der Waals surface area contributed by atoms with Crippen molar-refractivity contribution in [3.63, 3.8) is 0 Å². The Kier molecular flexibility index (Phi) is 5.03. The Morgan fingerprint density at radius 1 is 1.29 bits per heavy atom. The van der Waals surface area contributed by atoms with Gasteiger partial charge in [-0.2, -0.15) is 0 Å². The van der Waals surface area contributed by atoms with E-state index in [1.54, 1.807) is 13.0 Å². The quantitative estimate of drug-likeness (QED) is 0.651. The zero-order valence-electron chi connectivity index (χ0n) is 11.4. The maximum atomic E-state index is 13.3. The van der Waals surface area contributed by atoms with Crippen LogP contribution in [0, 0.1) is 22.9 Å². The second-order valence-corrected chi connectivity index (χ2v) is 5.62. The first kappa shape index (κ1) is 15.6. The van der Waals surface area contributed by atoms with Crippen LogP contribution in [0.3, 0.4) is 0 Å². The molecule has 0 aromatic heterocycles. The summed E-state index contributed by atoms with van der Waals surface area (Å²) in [6, 6.07) is 9.68. The Morgan fingerprint density at radius 3 is 2.71 bits per heavy atom. The fourth-order valence-corrected chi connectivity index (χ4v) is 2.63. The van der Waals surface area contributed by atoms with Gasteiger partial charge in [0.1, 0.15) is 5.82 Å². The van der Waals surface area contributed by atoms with E-state index in [4.69, 9.17) is 0 Å². The average molecular weight is 353 g/mol. The number of hydrogen-bond acceptors (Lipinski definition) is 3. The fraction of sp³-hybridized carbons (Fsp3) is 0.200. The molecular formula is C15H14BrFN2O2. The smallest absolute Gasteiger partial charge is 0.272 e. The summed E-state index contributed by atoms with van der Waals surface area (Å²) < 4.78 is 13.9. The number of nitrogens with one attached hydrogen (secondary N) is 1. The van der Waals surface area contributed by atoms with Gasteiger partial charge in [0, 0.05) is 29.2 Å². The summed E-state index contributed by atoms with van der Waals surface area (Å²) in [5, 5.41) is 14.1. The van der Waals surface area contributed by atoms with Gasteiger partial charge in [-0.3, -0.25) is 10.1 Å². The molecule has 2 aromatic carbocycles. The van der Waals surface area contributed by atoms with E-state index in [0.717, 1.165) is 11.1 Å². The second kappa shape index (κ2) is 6.78. The minimum Gasteiger partial charge on any atom is -0.309 e. The normalized spacial score (nSPS) is 10.6. The first-order chi connectivity index (χ1) is 9.97. The van der Waals surface area contributed by atoms with Gasteiger partial charge in [-0.15, -0.1) is 0 Å². The number of rotatable bonds is 5. The SMILES string of the molecule is Cc1c(CNCc2cc(F)cc(Br)c2)cccc1[N+](=O)[O-]. The van der Waals surface area contributed by atoms with Crippen LogP contribution in [0.1, 0.15) is 16.7 Å². The molecule has 0 saturated carbocycles. The van der Waals surface area contributed by atoms with E-state index < -0.39 is 0 Å². The predicted molar refractivity (Wildman–Crippen MR) is 82.5 cm³/mol. The van der Waals surface area contributed by atoms with Crippen molar-refractivity contribution in [3.8, 4) is 0 Å². The van der Waals surface area contributed by atoms with E-state index in [-0.39, 0.29) is 16.4 Å². The molecule has 21 heavy (non-hydrogen) atoms. The molecule has 110 valence electrons. The maximum absolute atomic E-state index is 13.3. The van der Waals surface area contributed by atoms with Crippen LogP contribution in [0.2, 0.25) is 0 Å². The van der Waals surface area contributed by atoms with E-state index in [0.29, 0.717) is 23.1 Å². The number of nitro benzene ring substituents is 1. The molecule has 0 spiro atoms. The van der Waals surface area contributed by atoms with Gasteiger partial charge in [-0.25, -0.2) is 4.39 Å². The number of halogens is 2. The van der Waals surface area contributed by atoms with E-state index >= 15 is 0 Å². The van der Waals surface area contributed by atoms with Crippen molar-refractivity contribution in [2.45, 2.75) is 20.0 Å². The lowest BCUT2D eigenvalue weighted by Gasteiger charge is -2.09. The second-order valence-electron chi connectivity index (χ2n) is 4.70. The topological polar surface area (TPSA) is 55.2 Å². The molecule has 0 aliphatic rings. The van der Waals surface area contributed by atoms with Crippen molar-refractivity contribution >= 4 is 21.6 Å². The summed E-state index contributed by atoms with van der Waals surface area (Å²) in [7, 11) is 0. The standard InChI is InChI=1S/C15H14BrFN2O2/c1-10-12(3-2-4-15(10)19(20)21)9-18-8-11-5-13(16)7-14(17)6-11/h2-7,18H,8-9H2,1H3. The summed E-state index contributed by atoms with van der Waals surface area (Å²) in [4.78, 5) is 10.5. The van der Waals surface area contributed by atoms with Crippen LogP contribution in [-0.4, -0.2) is 4.92 Å². The molecule has 1 N–H and O–H groups in total. The lowest BCUT2D eigenvalue weighted by Crippen LogP contribution is -2.14. The molecule has 0 atom stereocenters. The molecule has 4 nitrogen and oxygen atoms in total. The molecule has 0 unspecified atom stereocenters. The van der Waals surface area contributed by atoms with Crippen molar-refractivity contribution in [1.82, 2.24) is 5.32 Å². The highest BCUT2D eigenvalue weighted by Crippen LogP contribution is 2.21. The largest absolute Gasteiger partial charge is 0.309 e. The summed E-state index contributed by atoms with van der Waals surface area (Å²) in [5.74, 6) is -0.298. The molecule has 0 amide bonds. The minimum atomic E-state index is -0.386. The Bertz CT molecular complexity index is 656. The molecule has 0 saturated heterocycles. The lowest BCUT2D eigenvalue weighted by atomic mass is 10.1. The van der Waals surface area contributed by atoms with Gasteiger partial charge in [0.25, 0.3) is 5.69 Å². The Labute approximate surface area is 130 Å². The van der Waals surface area contributed by atoms with Crippen LogP contribution in [0.15, 0.2) is 40.9 Å². The Balaban J connectivity index is 2.04. The summed E-state index contributed by atoms with van der Waals surface area (Å²) >= 11 is 3.24. The van der Waals surface area contributed by atoms with Gasteiger partial charge in [-0.05, 0) is 36.2 Å². The highest BCUT2D eigenvalue weighted by Gasteiger charge is 2.12. The van der Waals surface area contributed by atoms with Crippen LogP contribution < -0.4 is 5.32 Å². The zero-order valence-corrected chi connectivity index (χ0v) is 13.0. The lowest BCUT2D eigenvalue weighted by molar-refractivity contribution is -0.385. The monoisotopic (exact) mass is 352 g/mol. The van der Waals surface area contributed by atoms with Crippen LogP contribution in [0.5, 0.6) is 0 Å². The molecular weight excluding hydrogens is 339 g/mol.